The van der Waals surface area contributed by atoms with Crippen LogP contribution in [0.3, 0.4) is 0 Å². The molecule has 0 fully saturated rings. The average Bonchev–Trinajstić information content (AvgIpc) is 2.28. The van der Waals surface area contributed by atoms with Crippen LogP contribution < -0.4 is 10.5 Å². The van der Waals surface area contributed by atoms with Gasteiger partial charge in [-0.25, -0.2) is 0 Å². The molecule has 0 bridgehead atoms. The molecule has 2 N–H and O–H groups in total. The Morgan fingerprint density at radius 2 is 1.71 bits per heavy atom. The molecule has 0 aliphatic heterocycles. The fourth-order valence-corrected chi connectivity index (χ4v) is 1.25. The van der Waals surface area contributed by atoms with Crippen molar-refractivity contribution in [2.45, 2.75) is 32.0 Å². The second-order valence-electron chi connectivity index (χ2n) is 4.13. The summed E-state index contributed by atoms with van der Waals surface area (Å²) in [6.45, 7) is 4.05. The first-order valence-electron chi connectivity index (χ1n) is 5.37. The Bertz CT molecular complexity index is 355. The maximum atomic E-state index is 12.3. The highest BCUT2D eigenvalue weighted by molar-refractivity contribution is 5.29. The Morgan fingerprint density at radius 1 is 1.18 bits per heavy atom. The van der Waals surface area contributed by atoms with Gasteiger partial charge in [0.2, 0.25) is 0 Å². The smallest absolute Gasteiger partial charge is 0.416 e. The van der Waals surface area contributed by atoms with Crippen molar-refractivity contribution in [2.24, 2.45) is 5.73 Å². The quantitative estimate of drug-likeness (QED) is 0.886. The van der Waals surface area contributed by atoms with Crippen LogP contribution in [0.2, 0.25) is 0 Å². The normalized spacial score (nSPS) is 15.4. The minimum Gasteiger partial charge on any atom is -0.486 e. The van der Waals surface area contributed by atoms with Crippen molar-refractivity contribution in [1.29, 1.82) is 0 Å². The lowest BCUT2D eigenvalue weighted by molar-refractivity contribution is -0.137. The predicted octanol–water partition coefficient (Wildman–Crippen LogP) is 3.21. The third-order valence-corrected chi connectivity index (χ3v) is 2.73. The van der Waals surface area contributed by atoms with Crippen molar-refractivity contribution in [2.75, 3.05) is 6.54 Å². The Balaban J connectivity index is 2.82. The van der Waals surface area contributed by atoms with E-state index in [1.807, 2.05) is 13.8 Å². The standard InChI is InChI=1S/C12H16F3NO/c1-3-11(2,8-16)17-10-6-4-9(5-7-10)12(13,14)15/h4-7H,3,8,16H2,1-2H3. The Kier molecular flexibility index (Phi) is 4.03. The molecule has 0 aliphatic rings. The summed E-state index contributed by atoms with van der Waals surface area (Å²) in [5, 5.41) is 0. The number of alkyl halides is 3. The van der Waals surface area contributed by atoms with Gasteiger partial charge in [-0.05, 0) is 37.6 Å². The first-order chi connectivity index (χ1) is 7.80. The number of rotatable bonds is 4. The monoisotopic (exact) mass is 247 g/mol. The molecule has 1 rings (SSSR count). The largest absolute Gasteiger partial charge is 0.486 e. The van der Waals surface area contributed by atoms with Crippen LogP contribution in [0.5, 0.6) is 5.75 Å². The van der Waals surface area contributed by atoms with E-state index in [0.717, 1.165) is 12.1 Å². The molecule has 0 saturated heterocycles. The number of ether oxygens (including phenoxy) is 1. The van der Waals surface area contributed by atoms with Crippen LogP contribution in [-0.4, -0.2) is 12.1 Å². The first-order valence-corrected chi connectivity index (χ1v) is 5.37. The van der Waals surface area contributed by atoms with Gasteiger partial charge in [0, 0.05) is 6.54 Å². The maximum Gasteiger partial charge on any atom is 0.416 e. The molecule has 17 heavy (non-hydrogen) atoms. The minimum absolute atomic E-state index is 0.310. The van der Waals surface area contributed by atoms with Gasteiger partial charge in [0.05, 0.1) is 5.56 Å². The van der Waals surface area contributed by atoms with E-state index in [2.05, 4.69) is 0 Å². The van der Waals surface area contributed by atoms with Gasteiger partial charge in [-0.1, -0.05) is 6.92 Å². The van der Waals surface area contributed by atoms with Crippen LogP contribution in [0.15, 0.2) is 24.3 Å². The molecule has 0 spiro atoms. The van der Waals surface area contributed by atoms with E-state index in [0.29, 0.717) is 18.7 Å². The zero-order valence-corrected chi connectivity index (χ0v) is 9.84. The lowest BCUT2D eigenvalue weighted by Crippen LogP contribution is -2.39. The molecule has 0 saturated carbocycles. The number of nitrogens with two attached hydrogens (primary N) is 1. The van der Waals surface area contributed by atoms with Crippen molar-refractivity contribution in [3.63, 3.8) is 0 Å². The second kappa shape index (κ2) is 4.96. The van der Waals surface area contributed by atoms with E-state index in [1.54, 1.807) is 0 Å². The van der Waals surface area contributed by atoms with Crippen LogP contribution in [0.25, 0.3) is 0 Å². The van der Waals surface area contributed by atoms with E-state index in [9.17, 15) is 13.2 Å². The highest BCUT2D eigenvalue weighted by Gasteiger charge is 2.30. The first kappa shape index (κ1) is 13.8. The van der Waals surface area contributed by atoms with Crippen molar-refractivity contribution < 1.29 is 17.9 Å². The fraction of sp³-hybridized carbons (Fsp3) is 0.500. The molecule has 0 aliphatic carbocycles. The van der Waals surface area contributed by atoms with Crippen LogP contribution in [0.4, 0.5) is 13.2 Å². The molecular formula is C12H16F3NO. The number of benzene rings is 1. The molecule has 1 atom stereocenters. The lowest BCUT2D eigenvalue weighted by Gasteiger charge is -2.28. The third-order valence-electron chi connectivity index (χ3n) is 2.73. The summed E-state index contributed by atoms with van der Waals surface area (Å²) in [5.41, 5.74) is 4.33. The molecule has 0 aromatic heterocycles. The second-order valence-corrected chi connectivity index (χ2v) is 4.13. The van der Waals surface area contributed by atoms with Crippen molar-refractivity contribution in [3.8, 4) is 5.75 Å². The van der Waals surface area contributed by atoms with E-state index >= 15 is 0 Å². The molecule has 0 radical (unpaired) electrons. The maximum absolute atomic E-state index is 12.3. The van der Waals surface area contributed by atoms with Crippen LogP contribution in [0.1, 0.15) is 25.8 Å². The lowest BCUT2D eigenvalue weighted by atomic mass is 10.0. The summed E-state index contributed by atoms with van der Waals surface area (Å²) in [6.07, 6.45) is -3.63. The SMILES string of the molecule is CCC(C)(CN)Oc1ccc(C(F)(F)F)cc1. The summed E-state index contributed by atoms with van der Waals surface area (Å²) < 4.78 is 42.6. The Hall–Kier alpha value is -1.23. The van der Waals surface area contributed by atoms with E-state index in [4.69, 9.17) is 10.5 Å². The van der Waals surface area contributed by atoms with Crippen LogP contribution in [-0.2, 0) is 6.18 Å². The molecule has 1 unspecified atom stereocenters. The van der Waals surface area contributed by atoms with Crippen molar-refractivity contribution >= 4 is 0 Å². The topological polar surface area (TPSA) is 35.2 Å². The van der Waals surface area contributed by atoms with Gasteiger partial charge in [-0.3, -0.25) is 0 Å². The summed E-state index contributed by atoms with van der Waals surface area (Å²) in [5.74, 6) is 0.396. The van der Waals surface area contributed by atoms with Gasteiger partial charge in [0.15, 0.2) is 0 Å². The fourth-order valence-electron chi connectivity index (χ4n) is 1.25. The summed E-state index contributed by atoms with van der Waals surface area (Å²) in [6, 6.07) is 4.63. The third kappa shape index (κ3) is 3.63. The average molecular weight is 247 g/mol. The predicted molar refractivity (Wildman–Crippen MR) is 59.8 cm³/mol. The molecule has 96 valence electrons. The van der Waals surface area contributed by atoms with Crippen molar-refractivity contribution in [1.82, 2.24) is 0 Å². The summed E-state index contributed by atoms with van der Waals surface area (Å²) in [7, 11) is 0. The van der Waals surface area contributed by atoms with Crippen molar-refractivity contribution in [3.05, 3.63) is 29.8 Å². The highest BCUT2D eigenvalue weighted by Crippen LogP contribution is 2.31. The van der Waals surface area contributed by atoms with E-state index in [-0.39, 0.29) is 0 Å². The molecule has 1 aromatic rings. The molecule has 2 nitrogen and oxygen atoms in total. The van der Waals surface area contributed by atoms with E-state index < -0.39 is 17.3 Å². The highest BCUT2D eigenvalue weighted by atomic mass is 19.4. The molecule has 0 heterocycles. The Labute approximate surface area is 98.6 Å². The molecular weight excluding hydrogens is 231 g/mol. The molecule has 5 heteroatoms. The zero-order chi connectivity index (χ0) is 13.1. The molecule has 0 amide bonds. The summed E-state index contributed by atoms with van der Waals surface area (Å²) >= 11 is 0. The zero-order valence-electron chi connectivity index (χ0n) is 9.84. The van der Waals surface area contributed by atoms with Gasteiger partial charge in [-0.2, -0.15) is 13.2 Å². The number of hydrogen-bond donors (Lipinski definition) is 1. The number of halogens is 3. The van der Waals surface area contributed by atoms with E-state index in [1.165, 1.54) is 12.1 Å². The van der Waals surface area contributed by atoms with Crippen LogP contribution in [0, 0.1) is 0 Å². The minimum atomic E-state index is -4.32. The van der Waals surface area contributed by atoms with Gasteiger partial charge >= 0.3 is 6.18 Å². The Morgan fingerprint density at radius 3 is 2.06 bits per heavy atom. The van der Waals surface area contributed by atoms with Gasteiger partial charge < -0.3 is 10.5 Å². The van der Waals surface area contributed by atoms with Gasteiger partial charge in [-0.15, -0.1) is 0 Å². The summed E-state index contributed by atoms with van der Waals surface area (Å²) in [4.78, 5) is 0. The number of hydrogen-bond acceptors (Lipinski definition) is 2. The van der Waals surface area contributed by atoms with Gasteiger partial charge in [0.1, 0.15) is 11.4 Å². The van der Waals surface area contributed by atoms with Gasteiger partial charge in [0.25, 0.3) is 0 Å². The molecule has 1 aromatic carbocycles. The van der Waals surface area contributed by atoms with Crippen LogP contribution >= 0.6 is 0 Å².